The second kappa shape index (κ2) is 6.60. The standard InChI is InChI=1S/C15H29N3O/c1-4-10-17-14(16-5-2)18-12-11-13(19-6-3)15(12)8-7-9-15/h12-13H,4-11H2,1-3H3,(H2,16,17,18). The molecule has 2 atom stereocenters. The summed E-state index contributed by atoms with van der Waals surface area (Å²) in [4.78, 5) is 4.60. The van der Waals surface area contributed by atoms with E-state index < -0.39 is 0 Å². The maximum absolute atomic E-state index is 5.89. The minimum absolute atomic E-state index is 0.401. The van der Waals surface area contributed by atoms with Crippen LogP contribution in [0.4, 0.5) is 0 Å². The molecule has 4 nitrogen and oxygen atoms in total. The van der Waals surface area contributed by atoms with Crippen molar-refractivity contribution in [3.63, 3.8) is 0 Å². The van der Waals surface area contributed by atoms with Gasteiger partial charge in [-0.3, -0.25) is 4.99 Å². The van der Waals surface area contributed by atoms with Gasteiger partial charge >= 0.3 is 0 Å². The molecule has 0 aliphatic heterocycles. The number of hydrogen-bond acceptors (Lipinski definition) is 2. The van der Waals surface area contributed by atoms with Crippen molar-refractivity contribution in [3.05, 3.63) is 0 Å². The van der Waals surface area contributed by atoms with Gasteiger partial charge < -0.3 is 15.4 Å². The van der Waals surface area contributed by atoms with Crippen LogP contribution in [0.5, 0.6) is 0 Å². The molecule has 0 aromatic heterocycles. The van der Waals surface area contributed by atoms with E-state index >= 15 is 0 Å². The Kier molecular flexibility index (Phi) is 5.08. The maximum Gasteiger partial charge on any atom is 0.191 e. The molecule has 0 aromatic carbocycles. The lowest BCUT2D eigenvalue weighted by Gasteiger charge is -2.61. The maximum atomic E-state index is 5.89. The molecule has 0 aromatic rings. The van der Waals surface area contributed by atoms with Crippen molar-refractivity contribution in [2.75, 3.05) is 19.7 Å². The first-order chi connectivity index (χ1) is 9.26. The zero-order valence-electron chi connectivity index (χ0n) is 12.7. The van der Waals surface area contributed by atoms with Crippen molar-refractivity contribution in [2.45, 2.75) is 65.0 Å². The molecule has 0 amide bonds. The van der Waals surface area contributed by atoms with Crippen molar-refractivity contribution >= 4 is 5.96 Å². The molecule has 0 bridgehead atoms. The third-order valence-electron chi connectivity index (χ3n) is 4.59. The van der Waals surface area contributed by atoms with E-state index in [1.54, 1.807) is 0 Å². The van der Waals surface area contributed by atoms with Gasteiger partial charge in [-0.05, 0) is 39.5 Å². The molecule has 110 valence electrons. The molecule has 2 rings (SSSR count). The van der Waals surface area contributed by atoms with Gasteiger partial charge in [-0.25, -0.2) is 0 Å². The molecule has 0 radical (unpaired) electrons. The summed E-state index contributed by atoms with van der Waals surface area (Å²) in [6.45, 7) is 9.03. The average molecular weight is 267 g/mol. The zero-order chi connectivity index (χ0) is 13.7. The summed E-state index contributed by atoms with van der Waals surface area (Å²) in [5, 5.41) is 6.98. The Bertz CT molecular complexity index is 313. The van der Waals surface area contributed by atoms with E-state index in [1.807, 2.05) is 0 Å². The lowest BCUT2D eigenvalue weighted by atomic mass is 9.51. The number of hydrogen-bond donors (Lipinski definition) is 2. The molecule has 0 saturated heterocycles. The van der Waals surface area contributed by atoms with Crippen molar-refractivity contribution in [1.82, 2.24) is 10.6 Å². The van der Waals surface area contributed by atoms with Gasteiger partial charge in [-0.1, -0.05) is 13.3 Å². The third-order valence-corrected chi connectivity index (χ3v) is 4.59. The van der Waals surface area contributed by atoms with Gasteiger partial charge in [-0.15, -0.1) is 0 Å². The van der Waals surface area contributed by atoms with Crippen LogP contribution in [0, 0.1) is 5.41 Å². The molecule has 2 saturated carbocycles. The van der Waals surface area contributed by atoms with Crippen molar-refractivity contribution in [2.24, 2.45) is 10.4 Å². The van der Waals surface area contributed by atoms with Gasteiger partial charge in [-0.2, -0.15) is 0 Å². The lowest BCUT2D eigenvalue weighted by Crippen LogP contribution is -2.68. The van der Waals surface area contributed by atoms with Crippen LogP contribution in [0.15, 0.2) is 4.99 Å². The lowest BCUT2D eigenvalue weighted by molar-refractivity contribution is -0.168. The van der Waals surface area contributed by atoms with Gasteiger partial charge in [0.25, 0.3) is 0 Å². The molecule has 2 N–H and O–H groups in total. The second-order valence-corrected chi connectivity index (χ2v) is 5.72. The van der Waals surface area contributed by atoms with Crippen LogP contribution in [-0.4, -0.2) is 37.8 Å². The Hall–Kier alpha value is -0.770. The summed E-state index contributed by atoms with van der Waals surface area (Å²) in [6, 6.07) is 0.549. The fourth-order valence-corrected chi connectivity index (χ4v) is 3.35. The minimum Gasteiger partial charge on any atom is -0.378 e. The number of guanidine groups is 1. The Balaban J connectivity index is 1.91. The molecule has 4 heteroatoms. The van der Waals surface area contributed by atoms with E-state index in [1.165, 1.54) is 19.3 Å². The fourth-order valence-electron chi connectivity index (χ4n) is 3.35. The first-order valence-electron chi connectivity index (χ1n) is 7.93. The van der Waals surface area contributed by atoms with Crippen molar-refractivity contribution in [1.29, 1.82) is 0 Å². The minimum atomic E-state index is 0.401. The molecular formula is C15H29N3O. The van der Waals surface area contributed by atoms with Gasteiger partial charge in [0.05, 0.1) is 6.10 Å². The highest BCUT2D eigenvalue weighted by atomic mass is 16.5. The van der Waals surface area contributed by atoms with E-state index in [0.29, 0.717) is 17.6 Å². The molecular weight excluding hydrogens is 238 g/mol. The summed E-state index contributed by atoms with van der Waals surface area (Å²) >= 11 is 0. The van der Waals surface area contributed by atoms with Gasteiger partial charge in [0.1, 0.15) is 0 Å². The number of nitrogens with one attached hydrogen (secondary N) is 2. The van der Waals surface area contributed by atoms with E-state index in [9.17, 15) is 0 Å². The Morgan fingerprint density at radius 3 is 2.63 bits per heavy atom. The summed E-state index contributed by atoms with van der Waals surface area (Å²) in [5.41, 5.74) is 0.401. The Morgan fingerprint density at radius 2 is 2.11 bits per heavy atom. The number of aliphatic imine (C=N–C) groups is 1. The van der Waals surface area contributed by atoms with Gasteiger partial charge in [0, 0.05) is 31.2 Å². The van der Waals surface area contributed by atoms with E-state index in [-0.39, 0.29) is 0 Å². The fraction of sp³-hybridized carbons (Fsp3) is 0.933. The van der Waals surface area contributed by atoms with Gasteiger partial charge in [0.2, 0.25) is 0 Å². The summed E-state index contributed by atoms with van der Waals surface area (Å²) in [6.07, 6.45) is 6.66. The predicted molar refractivity (Wildman–Crippen MR) is 79.5 cm³/mol. The summed E-state index contributed by atoms with van der Waals surface area (Å²) < 4.78 is 5.89. The van der Waals surface area contributed by atoms with Crippen molar-refractivity contribution in [3.8, 4) is 0 Å². The molecule has 19 heavy (non-hydrogen) atoms. The largest absolute Gasteiger partial charge is 0.378 e. The van der Waals surface area contributed by atoms with Gasteiger partial charge in [0.15, 0.2) is 5.96 Å². The monoisotopic (exact) mass is 267 g/mol. The molecule has 2 fully saturated rings. The zero-order valence-corrected chi connectivity index (χ0v) is 12.7. The first kappa shape index (κ1) is 14.6. The highest BCUT2D eigenvalue weighted by Crippen LogP contribution is 2.57. The summed E-state index contributed by atoms with van der Waals surface area (Å²) in [7, 11) is 0. The van der Waals surface area contributed by atoms with Crippen LogP contribution in [-0.2, 0) is 4.74 Å². The molecule has 2 aliphatic carbocycles. The topological polar surface area (TPSA) is 45.7 Å². The van der Waals surface area contributed by atoms with Crippen molar-refractivity contribution < 1.29 is 4.74 Å². The second-order valence-electron chi connectivity index (χ2n) is 5.72. The SMILES string of the molecule is CCCN=C(NCC)NC1CC(OCC)C12CCC2. The van der Waals surface area contributed by atoms with E-state index in [4.69, 9.17) is 4.74 Å². The summed E-state index contributed by atoms with van der Waals surface area (Å²) in [5.74, 6) is 0.982. The van der Waals surface area contributed by atoms with Crippen LogP contribution in [0.3, 0.4) is 0 Å². The highest BCUT2D eigenvalue weighted by Gasteiger charge is 2.59. The van der Waals surface area contributed by atoms with E-state index in [2.05, 4.69) is 36.4 Å². The van der Waals surface area contributed by atoms with Crippen LogP contribution in [0.2, 0.25) is 0 Å². The van der Waals surface area contributed by atoms with Crippen LogP contribution in [0.1, 0.15) is 52.9 Å². The average Bonchev–Trinajstić information content (AvgIpc) is 2.32. The predicted octanol–water partition coefficient (Wildman–Crippen LogP) is 2.30. The van der Waals surface area contributed by atoms with Crippen LogP contribution in [0.25, 0.3) is 0 Å². The number of rotatable bonds is 6. The quantitative estimate of drug-likeness (QED) is 0.573. The highest BCUT2D eigenvalue weighted by molar-refractivity contribution is 5.80. The van der Waals surface area contributed by atoms with E-state index in [0.717, 1.165) is 38.5 Å². The first-order valence-corrected chi connectivity index (χ1v) is 7.93. The number of ether oxygens (including phenoxy) is 1. The Labute approximate surface area is 117 Å². The molecule has 2 unspecified atom stereocenters. The molecule has 2 aliphatic rings. The third kappa shape index (κ3) is 2.88. The smallest absolute Gasteiger partial charge is 0.191 e. The normalized spacial score (nSPS) is 28.7. The Morgan fingerprint density at radius 1 is 1.32 bits per heavy atom. The molecule has 1 spiro atoms. The van der Waals surface area contributed by atoms with Crippen LogP contribution >= 0.6 is 0 Å². The molecule has 0 heterocycles. The van der Waals surface area contributed by atoms with Crippen LogP contribution < -0.4 is 10.6 Å². The number of nitrogens with zero attached hydrogens (tertiary/aromatic N) is 1.